The molecule has 2 aliphatic heterocycles. The van der Waals surface area contributed by atoms with E-state index in [2.05, 4.69) is 4.99 Å². The molecule has 10 heteroatoms. The van der Waals surface area contributed by atoms with Crippen LogP contribution in [0.15, 0.2) is 69.6 Å². The Morgan fingerprint density at radius 2 is 1.84 bits per heavy atom. The summed E-state index contributed by atoms with van der Waals surface area (Å²) in [6.07, 6.45) is 0. The van der Waals surface area contributed by atoms with Crippen LogP contribution in [0.25, 0.3) is 5.57 Å². The summed E-state index contributed by atoms with van der Waals surface area (Å²) in [5.74, 6) is -0.848. The van der Waals surface area contributed by atoms with E-state index < -0.39 is 17.6 Å². The maximum atomic E-state index is 14.1. The molecule has 0 saturated heterocycles. The molecule has 8 nitrogen and oxygen atoms in total. The lowest BCUT2D eigenvalue weighted by Gasteiger charge is -2.25. The molecule has 3 aromatic rings. The number of rotatable bonds is 6. The van der Waals surface area contributed by atoms with Gasteiger partial charge < -0.3 is 14.4 Å². The summed E-state index contributed by atoms with van der Waals surface area (Å²) in [4.78, 5) is 47.4. The molecule has 2 aromatic carbocycles. The van der Waals surface area contributed by atoms with Gasteiger partial charge in [0, 0.05) is 24.2 Å². The highest BCUT2D eigenvalue weighted by molar-refractivity contribution is 7.07. The Morgan fingerprint density at radius 1 is 1.11 bits per heavy atom. The highest BCUT2D eigenvalue weighted by atomic mass is 35.5. The smallest absolute Gasteiger partial charge is 0.338 e. The topological polar surface area (TPSA) is 90.2 Å². The molecular weight excluding hydrogens is 514 g/mol. The van der Waals surface area contributed by atoms with Gasteiger partial charge in [-0.05, 0) is 31.5 Å². The molecule has 2 aliphatic rings. The maximum Gasteiger partial charge on any atom is 0.338 e. The van der Waals surface area contributed by atoms with Crippen molar-refractivity contribution in [2.75, 3.05) is 31.8 Å². The Morgan fingerprint density at radius 3 is 2.57 bits per heavy atom. The fourth-order valence-electron chi connectivity index (χ4n) is 4.73. The third-order valence-corrected chi connectivity index (χ3v) is 7.80. The van der Waals surface area contributed by atoms with Gasteiger partial charge in [0.05, 0.1) is 29.1 Å². The maximum absolute atomic E-state index is 14.1. The number of hydrogen-bond donors (Lipinski definition) is 0. The number of methoxy groups -OCH3 is 1. The molecule has 1 atom stereocenters. The van der Waals surface area contributed by atoms with E-state index >= 15 is 0 Å². The number of carbonyl (C=O) groups is 2. The zero-order valence-corrected chi connectivity index (χ0v) is 22.1. The van der Waals surface area contributed by atoms with Gasteiger partial charge in [0.2, 0.25) is 0 Å². The highest BCUT2D eigenvalue weighted by Gasteiger charge is 2.37. The van der Waals surface area contributed by atoms with E-state index in [-0.39, 0.29) is 29.2 Å². The fraction of sp³-hybridized carbons (Fsp3) is 0.259. The first-order chi connectivity index (χ1) is 17.9. The van der Waals surface area contributed by atoms with E-state index in [0.29, 0.717) is 38.8 Å². The van der Waals surface area contributed by atoms with Crippen LogP contribution < -0.4 is 19.8 Å². The number of para-hydroxylation sites is 1. The normalized spacial score (nSPS) is 18.0. The molecule has 3 heterocycles. The molecule has 0 unspecified atom stereocenters. The van der Waals surface area contributed by atoms with Crippen LogP contribution in [0, 0.1) is 0 Å². The number of hydrogen-bond acceptors (Lipinski definition) is 7. The number of nitrogens with zero attached hydrogens (tertiary/aromatic N) is 3. The molecule has 0 bridgehead atoms. The van der Waals surface area contributed by atoms with Crippen molar-refractivity contribution in [3.63, 3.8) is 0 Å². The summed E-state index contributed by atoms with van der Waals surface area (Å²) < 4.78 is 12.1. The third kappa shape index (κ3) is 4.13. The minimum atomic E-state index is -0.872. The molecule has 0 spiro atoms. The quantitative estimate of drug-likeness (QED) is 0.356. The van der Waals surface area contributed by atoms with Crippen LogP contribution in [-0.4, -0.2) is 43.3 Å². The van der Waals surface area contributed by atoms with Crippen LogP contribution in [0.1, 0.15) is 31.0 Å². The second kappa shape index (κ2) is 10.1. The van der Waals surface area contributed by atoms with Crippen molar-refractivity contribution in [3.8, 4) is 0 Å². The molecule has 0 saturated carbocycles. The first-order valence-corrected chi connectivity index (χ1v) is 12.9. The Labute approximate surface area is 221 Å². The fourth-order valence-corrected chi connectivity index (χ4v) is 6.11. The van der Waals surface area contributed by atoms with Crippen LogP contribution in [0.5, 0.6) is 0 Å². The summed E-state index contributed by atoms with van der Waals surface area (Å²) in [6, 6.07) is 13.6. The number of allylic oxidation sites excluding steroid dienone is 1. The monoisotopic (exact) mass is 537 g/mol. The standard InChI is InChI=1S/C27H24ClN3O5S/c1-4-30-19-12-8-6-10-17(19)21(24(30)32)23-25(33)31-22(16-9-5-7-11-18(16)28)20(15(2)29-27(31)37-23)26(34)36-14-13-35-3/h5-12,22H,4,13-14H2,1-3H3/b23-21-/t22-/m0/s1. The van der Waals surface area contributed by atoms with Crippen LogP contribution in [0.4, 0.5) is 5.69 Å². The number of carbonyl (C=O) groups excluding carboxylic acids is 2. The molecule has 0 N–H and O–H groups in total. The van der Waals surface area contributed by atoms with Gasteiger partial charge in [-0.1, -0.05) is 59.3 Å². The molecule has 0 aliphatic carbocycles. The second-order valence-corrected chi connectivity index (χ2v) is 9.88. The van der Waals surface area contributed by atoms with Crippen molar-refractivity contribution in [1.82, 2.24) is 4.57 Å². The lowest BCUT2D eigenvalue weighted by atomic mass is 9.96. The Kier molecular flexibility index (Phi) is 6.85. The number of benzene rings is 2. The van der Waals surface area contributed by atoms with Crippen molar-refractivity contribution in [1.29, 1.82) is 0 Å². The van der Waals surface area contributed by atoms with Crippen LogP contribution in [0.2, 0.25) is 5.02 Å². The lowest BCUT2D eigenvalue weighted by Crippen LogP contribution is -2.41. The van der Waals surface area contributed by atoms with Crippen LogP contribution in [0.3, 0.4) is 0 Å². The number of anilines is 1. The second-order valence-electron chi connectivity index (χ2n) is 8.49. The zero-order valence-electron chi connectivity index (χ0n) is 20.5. The van der Waals surface area contributed by atoms with E-state index in [4.69, 9.17) is 21.1 Å². The molecule has 0 fully saturated rings. The van der Waals surface area contributed by atoms with Gasteiger partial charge in [-0.25, -0.2) is 9.79 Å². The van der Waals surface area contributed by atoms with Crippen LogP contribution >= 0.6 is 22.9 Å². The number of halogens is 1. The Hall–Kier alpha value is -3.53. The van der Waals surface area contributed by atoms with Gasteiger partial charge in [-0.2, -0.15) is 0 Å². The van der Waals surface area contributed by atoms with Crippen molar-refractivity contribution in [2.24, 2.45) is 4.99 Å². The molecule has 190 valence electrons. The molecule has 1 aromatic heterocycles. The average molecular weight is 538 g/mol. The lowest BCUT2D eigenvalue weighted by molar-refractivity contribution is -0.140. The molecule has 37 heavy (non-hydrogen) atoms. The van der Waals surface area contributed by atoms with Gasteiger partial charge in [0.25, 0.3) is 11.5 Å². The summed E-state index contributed by atoms with van der Waals surface area (Å²) in [5.41, 5.74) is 2.56. The third-order valence-electron chi connectivity index (χ3n) is 6.40. The van der Waals surface area contributed by atoms with E-state index in [1.54, 1.807) is 36.1 Å². The van der Waals surface area contributed by atoms with Crippen LogP contribution in [-0.2, 0) is 19.1 Å². The van der Waals surface area contributed by atoms with Crippen molar-refractivity contribution in [2.45, 2.75) is 19.9 Å². The van der Waals surface area contributed by atoms with Gasteiger partial charge in [-0.15, -0.1) is 0 Å². The predicted molar refractivity (Wildman–Crippen MR) is 141 cm³/mol. The van der Waals surface area contributed by atoms with E-state index in [1.807, 2.05) is 31.2 Å². The first kappa shape index (κ1) is 25.1. The largest absolute Gasteiger partial charge is 0.460 e. The van der Waals surface area contributed by atoms with E-state index in [0.717, 1.165) is 17.0 Å². The van der Waals surface area contributed by atoms with Gasteiger partial charge >= 0.3 is 5.97 Å². The number of amides is 1. The van der Waals surface area contributed by atoms with Gasteiger partial charge in [0.1, 0.15) is 17.2 Å². The molecule has 0 radical (unpaired) electrons. The van der Waals surface area contributed by atoms with Gasteiger partial charge in [0.15, 0.2) is 4.80 Å². The summed E-state index contributed by atoms with van der Waals surface area (Å²) in [5, 5.41) is 0.391. The van der Waals surface area contributed by atoms with Crippen molar-refractivity contribution >= 4 is 46.1 Å². The zero-order chi connectivity index (χ0) is 26.3. The first-order valence-electron chi connectivity index (χ1n) is 11.8. The van der Waals surface area contributed by atoms with Crippen molar-refractivity contribution in [3.05, 3.63) is 95.6 Å². The van der Waals surface area contributed by atoms with E-state index in [9.17, 15) is 14.4 Å². The average Bonchev–Trinajstić information content (AvgIpc) is 3.35. The summed E-state index contributed by atoms with van der Waals surface area (Å²) in [7, 11) is 1.51. The number of ether oxygens (including phenoxy) is 2. The number of aromatic nitrogens is 1. The summed E-state index contributed by atoms with van der Waals surface area (Å²) >= 11 is 7.71. The minimum Gasteiger partial charge on any atom is -0.460 e. The Balaban J connectivity index is 1.78. The SMILES string of the molecule is CCN1C(=O)/C(=c2\sc3n(c2=O)[C@@H](c2ccccc2Cl)C(C(=O)OCCOC)=C(C)N=3)c2ccccc21. The van der Waals surface area contributed by atoms with Crippen molar-refractivity contribution < 1.29 is 19.1 Å². The number of esters is 1. The number of fused-ring (bicyclic) bond motifs is 2. The number of thiazole rings is 1. The highest BCUT2D eigenvalue weighted by Crippen LogP contribution is 2.36. The number of likely N-dealkylation sites (N-methyl/N-ethyl adjacent to an activating group) is 1. The Bertz CT molecular complexity index is 1640. The van der Waals surface area contributed by atoms with E-state index in [1.165, 1.54) is 11.7 Å². The molecule has 5 rings (SSSR count). The molecular formula is C27H24ClN3O5S. The predicted octanol–water partition coefficient (Wildman–Crippen LogP) is 2.81. The molecule has 1 amide bonds. The minimum absolute atomic E-state index is 0.0497. The summed E-state index contributed by atoms with van der Waals surface area (Å²) in [6.45, 7) is 4.34. The van der Waals surface area contributed by atoms with Gasteiger partial charge in [-0.3, -0.25) is 14.2 Å².